The van der Waals surface area contributed by atoms with Crippen LogP contribution in [0.1, 0.15) is 23.3 Å². The Morgan fingerprint density at radius 3 is 2.54 bits per heavy atom. The minimum Gasteiger partial charge on any atom is -0.369 e. The molecule has 0 saturated carbocycles. The largest absolute Gasteiger partial charge is 0.369 e. The van der Waals surface area contributed by atoms with Gasteiger partial charge in [0, 0.05) is 57.2 Å². The van der Waals surface area contributed by atoms with Crippen molar-refractivity contribution in [3.63, 3.8) is 0 Å². The normalized spacial score (nSPS) is 21.0. The lowest BCUT2D eigenvalue weighted by atomic mass is 10.0. The van der Waals surface area contributed by atoms with Crippen LogP contribution in [0.3, 0.4) is 0 Å². The molecular weight excluding hydrogens is 361 g/mol. The van der Waals surface area contributed by atoms with E-state index in [4.69, 9.17) is 0 Å². The third-order valence-corrected chi connectivity index (χ3v) is 5.60. The van der Waals surface area contributed by atoms with Gasteiger partial charge in [0.1, 0.15) is 11.5 Å². The van der Waals surface area contributed by atoms with E-state index < -0.39 is 0 Å². The van der Waals surface area contributed by atoms with Crippen LogP contribution >= 0.6 is 0 Å². The molecule has 28 heavy (non-hydrogen) atoms. The van der Waals surface area contributed by atoms with Gasteiger partial charge in [0.2, 0.25) is 0 Å². The van der Waals surface area contributed by atoms with Gasteiger partial charge in [-0.15, -0.1) is 0 Å². The Bertz CT molecular complexity index is 856. The molecule has 0 bridgehead atoms. The molecule has 0 radical (unpaired) electrons. The smallest absolute Gasteiger partial charge is 0.274 e. The van der Waals surface area contributed by atoms with E-state index in [1.165, 1.54) is 18.3 Å². The molecular formula is C20H24FN5O2. The van der Waals surface area contributed by atoms with Crippen molar-refractivity contribution in [1.82, 2.24) is 19.8 Å². The van der Waals surface area contributed by atoms with E-state index in [1.807, 2.05) is 17.0 Å². The number of likely N-dealkylation sites (tertiary alicyclic amines) is 1. The van der Waals surface area contributed by atoms with Crippen molar-refractivity contribution in [3.05, 3.63) is 58.5 Å². The number of halogens is 1. The molecule has 3 heterocycles. The number of carbonyl (C=O) groups excluding carboxylic acids is 1. The minimum atomic E-state index is -0.313. The van der Waals surface area contributed by atoms with Gasteiger partial charge in [-0.2, -0.15) is 0 Å². The summed E-state index contributed by atoms with van der Waals surface area (Å²) >= 11 is 0. The summed E-state index contributed by atoms with van der Waals surface area (Å²) in [7, 11) is 0. The van der Waals surface area contributed by atoms with Crippen LogP contribution in [0.2, 0.25) is 0 Å². The Morgan fingerprint density at radius 2 is 1.86 bits per heavy atom. The van der Waals surface area contributed by atoms with Gasteiger partial charge in [-0.3, -0.25) is 14.5 Å². The fourth-order valence-corrected chi connectivity index (χ4v) is 4.06. The molecule has 2 aliphatic heterocycles. The molecule has 1 amide bonds. The Balaban J connectivity index is 1.35. The summed E-state index contributed by atoms with van der Waals surface area (Å²) < 4.78 is 13.1. The quantitative estimate of drug-likeness (QED) is 0.863. The van der Waals surface area contributed by atoms with Crippen LogP contribution in [0.25, 0.3) is 0 Å². The summed E-state index contributed by atoms with van der Waals surface area (Å²) in [5, 5.41) is 0. The van der Waals surface area contributed by atoms with E-state index in [0.29, 0.717) is 19.1 Å². The van der Waals surface area contributed by atoms with E-state index in [1.54, 1.807) is 0 Å². The number of benzene rings is 1. The fraction of sp³-hybridized carbons (Fsp3) is 0.450. The van der Waals surface area contributed by atoms with E-state index in [-0.39, 0.29) is 23.0 Å². The molecule has 2 aliphatic rings. The van der Waals surface area contributed by atoms with Crippen molar-refractivity contribution in [2.75, 3.05) is 44.2 Å². The second kappa shape index (κ2) is 8.10. The molecule has 8 heteroatoms. The van der Waals surface area contributed by atoms with Gasteiger partial charge in [-0.1, -0.05) is 0 Å². The molecule has 2 aromatic rings. The molecule has 0 aliphatic carbocycles. The van der Waals surface area contributed by atoms with Gasteiger partial charge >= 0.3 is 0 Å². The highest BCUT2D eigenvalue weighted by atomic mass is 19.1. The second-order valence-corrected chi connectivity index (χ2v) is 7.34. The third kappa shape index (κ3) is 4.06. The number of amides is 1. The molecule has 4 rings (SSSR count). The number of hydrogen-bond donors (Lipinski definition) is 1. The molecule has 2 saturated heterocycles. The zero-order valence-corrected chi connectivity index (χ0v) is 15.7. The number of carbonyl (C=O) groups is 1. The fourth-order valence-electron chi connectivity index (χ4n) is 4.06. The molecule has 148 valence electrons. The molecule has 2 fully saturated rings. The number of anilines is 1. The first kappa shape index (κ1) is 18.6. The number of piperazine rings is 1. The average Bonchev–Trinajstić information content (AvgIpc) is 2.75. The topological polar surface area (TPSA) is 72.5 Å². The van der Waals surface area contributed by atoms with E-state index >= 15 is 0 Å². The molecule has 1 aromatic heterocycles. The SMILES string of the molecule is O=C(c1c[nH]c(=O)cn1)N1CCC[C@@H](N2CCN(c3ccc(F)cc3)CC2)C1. The van der Waals surface area contributed by atoms with Gasteiger partial charge in [0.15, 0.2) is 0 Å². The van der Waals surface area contributed by atoms with Gasteiger partial charge < -0.3 is 14.8 Å². The van der Waals surface area contributed by atoms with Gasteiger partial charge in [0.05, 0.1) is 6.20 Å². The molecule has 0 spiro atoms. The predicted octanol–water partition coefficient (Wildman–Crippen LogP) is 1.34. The van der Waals surface area contributed by atoms with Crippen LogP contribution < -0.4 is 10.5 Å². The molecule has 1 aromatic carbocycles. The van der Waals surface area contributed by atoms with Crippen LogP contribution in [0.4, 0.5) is 10.1 Å². The minimum absolute atomic E-state index is 0.133. The lowest BCUT2D eigenvalue weighted by Crippen LogP contribution is -2.56. The number of nitrogens with zero attached hydrogens (tertiary/aromatic N) is 4. The monoisotopic (exact) mass is 385 g/mol. The highest BCUT2D eigenvalue weighted by molar-refractivity contribution is 5.92. The summed E-state index contributed by atoms with van der Waals surface area (Å²) in [6.07, 6.45) is 4.55. The maximum Gasteiger partial charge on any atom is 0.274 e. The summed E-state index contributed by atoms with van der Waals surface area (Å²) in [6, 6.07) is 6.97. The zero-order chi connectivity index (χ0) is 19.5. The average molecular weight is 385 g/mol. The first-order chi connectivity index (χ1) is 13.6. The standard InChI is InChI=1S/C20H24FN5O2/c21-15-3-5-16(6-4-15)24-8-10-25(11-9-24)17-2-1-7-26(14-17)20(28)18-12-23-19(27)13-22-18/h3-6,12-13,17H,1-2,7-11,14H2,(H,23,27)/t17-/m1/s1. The maximum atomic E-state index is 13.1. The molecule has 0 unspecified atom stereocenters. The number of hydrogen-bond acceptors (Lipinski definition) is 5. The summed E-state index contributed by atoms with van der Waals surface area (Å²) in [6.45, 7) is 5.00. The van der Waals surface area contributed by atoms with Crippen molar-refractivity contribution in [2.24, 2.45) is 0 Å². The number of rotatable bonds is 3. The van der Waals surface area contributed by atoms with Crippen molar-refractivity contribution < 1.29 is 9.18 Å². The number of H-pyrrole nitrogens is 1. The number of nitrogens with one attached hydrogen (secondary N) is 1. The van der Waals surface area contributed by atoms with Crippen molar-refractivity contribution in [2.45, 2.75) is 18.9 Å². The lowest BCUT2D eigenvalue weighted by Gasteiger charge is -2.43. The van der Waals surface area contributed by atoms with Crippen LogP contribution in [-0.2, 0) is 0 Å². The van der Waals surface area contributed by atoms with Crippen molar-refractivity contribution in [1.29, 1.82) is 0 Å². The molecule has 1 N–H and O–H groups in total. The van der Waals surface area contributed by atoms with Crippen LogP contribution in [0.5, 0.6) is 0 Å². The van der Waals surface area contributed by atoms with E-state index in [9.17, 15) is 14.0 Å². The summed E-state index contributed by atoms with van der Waals surface area (Å²) in [4.78, 5) is 36.9. The van der Waals surface area contributed by atoms with Crippen LogP contribution in [0, 0.1) is 5.82 Å². The van der Waals surface area contributed by atoms with E-state index in [0.717, 1.165) is 50.9 Å². The number of aromatic amines is 1. The number of aromatic nitrogens is 2. The third-order valence-electron chi connectivity index (χ3n) is 5.60. The zero-order valence-electron chi connectivity index (χ0n) is 15.7. The lowest BCUT2D eigenvalue weighted by molar-refractivity contribution is 0.0557. The Kier molecular flexibility index (Phi) is 5.38. The van der Waals surface area contributed by atoms with Gasteiger partial charge in [-0.05, 0) is 37.1 Å². The predicted molar refractivity (Wildman–Crippen MR) is 104 cm³/mol. The Hall–Kier alpha value is -2.74. The van der Waals surface area contributed by atoms with Gasteiger partial charge in [-0.25, -0.2) is 9.37 Å². The summed E-state index contributed by atoms with van der Waals surface area (Å²) in [5.74, 6) is -0.350. The van der Waals surface area contributed by atoms with Crippen LogP contribution in [0.15, 0.2) is 41.5 Å². The first-order valence-electron chi connectivity index (χ1n) is 9.69. The van der Waals surface area contributed by atoms with Crippen LogP contribution in [-0.4, -0.2) is 71.0 Å². The highest BCUT2D eigenvalue weighted by Gasteiger charge is 2.30. The first-order valence-corrected chi connectivity index (χ1v) is 9.69. The van der Waals surface area contributed by atoms with Crippen molar-refractivity contribution >= 4 is 11.6 Å². The maximum absolute atomic E-state index is 13.1. The highest BCUT2D eigenvalue weighted by Crippen LogP contribution is 2.22. The van der Waals surface area contributed by atoms with Crippen molar-refractivity contribution in [3.8, 4) is 0 Å². The molecule has 1 atom stereocenters. The summed E-state index contributed by atoms with van der Waals surface area (Å²) in [5.41, 5.74) is 1.01. The Labute approximate surface area is 162 Å². The van der Waals surface area contributed by atoms with Gasteiger partial charge in [0.25, 0.3) is 11.5 Å². The molecule has 7 nitrogen and oxygen atoms in total. The van der Waals surface area contributed by atoms with E-state index in [2.05, 4.69) is 19.8 Å². The number of piperidine rings is 1. The Morgan fingerprint density at radius 1 is 1.11 bits per heavy atom. The second-order valence-electron chi connectivity index (χ2n) is 7.34.